The van der Waals surface area contributed by atoms with Crippen LogP contribution < -0.4 is 5.73 Å². The molecule has 1 unspecified atom stereocenters. The van der Waals surface area contributed by atoms with Crippen LogP contribution >= 0.6 is 11.5 Å². The number of rotatable bonds is 5. The zero-order valence-electron chi connectivity index (χ0n) is 10.5. The van der Waals surface area contributed by atoms with Gasteiger partial charge < -0.3 is 15.0 Å². The molecule has 0 bridgehead atoms. The van der Waals surface area contributed by atoms with E-state index < -0.39 is 5.54 Å². The Hall–Kier alpha value is -1.38. The normalized spacial score (nSPS) is 14.9. The van der Waals surface area contributed by atoms with Crippen LogP contribution in [-0.4, -0.2) is 32.4 Å². The monoisotopic (exact) mass is 269 g/mol. The van der Waals surface area contributed by atoms with Gasteiger partial charge >= 0.3 is 0 Å². The highest BCUT2D eigenvalue weighted by Gasteiger charge is 2.29. The molecule has 0 saturated heterocycles. The zero-order valence-corrected chi connectivity index (χ0v) is 11.3. The van der Waals surface area contributed by atoms with Crippen LogP contribution in [0.1, 0.15) is 26.6 Å². The molecule has 2 aromatic rings. The maximum Gasteiger partial charge on any atom is 0.271 e. The lowest BCUT2D eigenvalue weighted by Crippen LogP contribution is -2.40. The van der Waals surface area contributed by atoms with E-state index in [-0.39, 0.29) is 6.10 Å². The highest BCUT2D eigenvalue weighted by molar-refractivity contribution is 7.09. The highest BCUT2D eigenvalue weighted by Crippen LogP contribution is 2.23. The Kier molecular flexibility index (Phi) is 3.69. The third-order valence-electron chi connectivity index (χ3n) is 2.23. The molecule has 0 saturated carbocycles. The van der Waals surface area contributed by atoms with Gasteiger partial charge in [-0.15, -0.1) is 5.10 Å². The van der Waals surface area contributed by atoms with Crippen molar-refractivity contribution >= 4 is 11.5 Å². The van der Waals surface area contributed by atoms with E-state index in [9.17, 15) is 0 Å². The fourth-order valence-corrected chi connectivity index (χ4v) is 1.66. The summed E-state index contributed by atoms with van der Waals surface area (Å²) in [5, 5.41) is 7.60. The average Bonchev–Trinajstić information content (AvgIpc) is 2.96. The van der Waals surface area contributed by atoms with Crippen LogP contribution in [0.25, 0.3) is 10.8 Å². The van der Waals surface area contributed by atoms with Crippen molar-refractivity contribution in [2.45, 2.75) is 32.4 Å². The second-order valence-electron chi connectivity index (χ2n) is 4.48. The molecule has 0 amide bonds. The van der Waals surface area contributed by atoms with E-state index in [2.05, 4.69) is 19.7 Å². The smallest absolute Gasteiger partial charge is 0.271 e. The van der Waals surface area contributed by atoms with Gasteiger partial charge in [-0.3, -0.25) is 0 Å². The summed E-state index contributed by atoms with van der Waals surface area (Å²) in [6.07, 6.45) is 1.67. The fraction of sp³-hybridized carbons (Fsp3) is 0.600. The summed E-state index contributed by atoms with van der Waals surface area (Å²) in [4.78, 5) is 4.97. The van der Waals surface area contributed by atoms with Crippen molar-refractivity contribution in [3.8, 4) is 10.8 Å². The van der Waals surface area contributed by atoms with Gasteiger partial charge in [-0.05, 0) is 32.3 Å². The predicted molar refractivity (Wildman–Crippen MR) is 65.8 cm³/mol. The molecular formula is C10H15N5O2S. The van der Waals surface area contributed by atoms with Crippen LogP contribution in [0.4, 0.5) is 0 Å². The first-order valence-corrected chi connectivity index (χ1v) is 6.29. The molecule has 0 aliphatic carbocycles. The van der Waals surface area contributed by atoms with Gasteiger partial charge in [0.25, 0.3) is 5.89 Å². The molecule has 2 rings (SSSR count). The molecule has 7 nitrogen and oxygen atoms in total. The van der Waals surface area contributed by atoms with Crippen molar-refractivity contribution in [2.24, 2.45) is 5.73 Å². The molecule has 18 heavy (non-hydrogen) atoms. The summed E-state index contributed by atoms with van der Waals surface area (Å²) in [5.74, 6) is 0.785. The molecule has 2 heterocycles. The van der Waals surface area contributed by atoms with E-state index in [1.807, 2.05) is 13.8 Å². The third kappa shape index (κ3) is 2.89. The standard InChI is InChI=1S/C10H15N5O2S/c1-6(2)16-5-10(3,11)9-13-8(17-14-9)7-4-12-15-18-7/h4,6H,5,11H2,1-3H3. The van der Waals surface area contributed by atoms with Gasteiger partial charge in [-0.1, -0.05) is 9.64 Å². The lowest BCUT2D eigenvalue weighted by molar-refractivity contribution is 0.0410. The summed E-state index contributed by atoms with van der Waals surface area (Å²) in [6, 6.07) is 0. The van der Waals surface area contributed by atoms with E-state index >= 15 is 0 Å². The number of aromatic nitrogens is 4. The Bertz CT molecular complexity index is 494. The van der Waals surface area contributed by atoms with Crippen LogP contribution in [0.15, 0.2) is 10.7 Å². The minimum Gasteiger partial charge on any atom is -0.376 e. The van der Waals surface area contributed by atoms with Gasteiger partial charge in [0.15, 0.2) is 5.82 Å². The largest absolute Gasteiger partial charge is 0.376 e. The molecule has 2 aromatic heterocycles. The molecule has 0 aliphatic heterocycles. The topological polar surface area (TPSA) is 100.0 Å². The first-order chi connectivity index (χ1) is 8.49. The van der Waals surface area contributed by atoms with Gasteiger partial charge in [0, 0.05) is 0 Å². The average molecular weight is 269 g/mol. The molecule has 0 fully saturated rings. The second-order valence-corrected chi connectivity index (χ2v) is 5.27. The number of hydrogen-bond acceptors (Lipinski definition) is 8. The molecule has 2 N–H and O–H groups in total. The quantitative estimate of drug-likeness (QED) is 0.870. The van der Waals surface area contributed by atoms with Crippen molar-refractivity contribution in [3.05, 3.63) is 12.0 Å². The van der Waals surface area contributed by atoms with Crippen LogP contribution in [0.5, 0.6) is 0 Å². The minimum absolute atomic E-state index is 0.102. The van der Waals surface area contributed by atoms with Crippen molar-refractivity contribution in [2.75, 3.05) is 6.61 Å². The molecule has 0 radical (unpaired) electrons. The van der Waals surface area contributed by atoms with Crippen molar-refractivity contribution in [1.29, 1.82) is 0 Å². The lowest BCUT2D eigenvalue weighted by Gasteiger charge is -2.21. The Morgan fingerprint density at radius 2 is 2.33 bits per heavy atom. The molecule has 1 atom stereocenters. The lowest BCUT2D eigenvalue weighted by atomic mass is 10.1. The molecule has 98 valence electrons. The van der Waals surface area contributed by atoms with E-state index in [1.54, 1.807) is 13.1 Å². The summed E-state index contributed by atoms with van der Waals surface area (Å²) in [7, 11) is 0. The number of nitrogens with two attached hydrogens (primary N) is 1. The molecule has 8 heteroatoms. The van der Waals surface area contributed by atoms with E-state index in [1.165, 1.54) is 11.5 Å². The fourth-order valence-electron chi connectivity index (χ4n) is 1.22. The maximum atomic E-state index is 6.12. The first-order valence-electron chi connectivity index (χ1n) is 5.51. The number of ether oxygens (including phenoxy) is 1. The van der Waals surface area contributed by atoms with Crippen molar-refractivity contribution in [3.63, 3.8) is 0 Å². The van der Waals surface area contributed by atoms with Crippen LogP contribution in [-0.2, 0) is 10.3 Å². The Morgan fingerprint density at radius 1 is 1.56 bits per heavy atom. The Balaban J connectivity index is 2.14. The number of hydrogen-bond donors (Lipinski definition) is 1. The van der Waals surface area contributed by atoms with E-state index in [0.717, 1.165) is 0 Å². The predicted octanol–water partition coefficient (Wildman–Crippen LogP) is 1.19. The van der Waals surface area contributed by atoms with Gasteiger partial charge in [-0.25, -0.2) is 0 Å². The SMILES string of the molecule is CC(C)OCC(C)(N)c1noc(-c2cnns2)n1. The molecular weight excluding hydrogens is 254 g/mol. The van der Waals surface area contributed by atoms with Crippen LogP contribution in [0.2, 0.25) is 0 Å². The summed E-state index contributed by atoms with van der Waals surface area (Å²) in [5.41, 5.74) is 5.33. The van der Waals surface area contributed by atoms with Crippen LogP contribution in [0.3, 0.4) is 0 Å². The summed E-state index contributed by atoms with van der Waals surface area (Å²) in [6.45, 7) is 6.01. The minimum atomic E-state index is -0.788. The van der Waals surface area contributed by atoms with E-state index in [0.29, 0.717) is 23.2 Å². The molecule has 0 spiro atoms. The third-order valence-corrected chi connectivity index (χ3v) is 2.88. The second kappa shape index (κ2) is 5.09. The maximum absolute atomic E-state index is 6.12. The first kappa shape index (κ1) is 13.1. The Morgan fingerprint density at radius 3 is 2.94 bits per heavy atom. The summed E-state index contributed by atoms with van der Waals surface area (Å²) >= 11 is 1.19. The molecule has 0 aliphatic rings. The van der Waals surface area contributed by atoms with Crippen LogP contribution in [0, 0.1) is 0 Å². The summed E-state index contributed by atoms with van der Waals surface area (Å²) < 4.78 is 14.4. The zero-order chi connectivity index (χ0) is 13.2. The van der Waals surface area contributed by atoms with Gasteiger partial charge in [0.1, 0.15) is 10.4 Å². The highest BCUT2D eigenvalue weighted by atomic mass is 32.1. The van der Waals surface area contributed by atoms with Crippen molar-refractivity contribution in [1.82, 2.24) is 19.7 Å². The van der Waals surface area contributed by atoms with Gasteiger partial charge in [0.2, 0.25) is 0 Å². The number of nitrogens with zero attached hydrogens (tertiary/aromatic N) is 4. The Labute approximate surface area is 109 Å². The molecule has 0 aromatic carbocycles. The van der Waals surface area contributed by atoms with Gasteiger partial charge in [-0.2, -0.15) is 4.98 Å². The van der Waals surface area contributed by atoms with Crippen molar-refractivity contribution < 1.29 is 9.26 Å². The van der Waals surface area contributed by atoms with E-state index in [4.69, 9.17) is 15.0 Å². The van der Waals surface area contributed by atoms with Gasteiger partial charge in [0.05, 0.1) is 18.9 Å².